The van der Waals surface area contributed by atoms with E-state index in [0.29, 0.717) is 27.8 Å². The lowest BCUT2D eigenvalue weighted by Crippen LogP contribution is -2.16. The molecule has 0 spiro atoms. The predicted octanol–water partition coefficient (Wildman–Crippen LogP) is 3.04. The highest BCUT2D eigenvalue weighted by molar-refractivity contribution is 7.92. The van der Waals surface area contributed by atoms with E-state index in [1.807, 2.05) is 0 Å². The van der Waals surface area contributed by atoms with E-state index >= 15 is 0 Å². The highest BCUT2D eigenvalue weighted by Crippen LogP contribution is 2.26. The van der Waals surface area contributed by atoms with Crippen LogP contribution in [0.2, 0.25) is 5.15 Å². The van der Waals surface area contributed by atoms with Crippen molar-refractivity contribution in [3.05, 3.63) is 46.2 Å². The summed E-state index contributed by atoms with van der Waals surface area (Å²) < 4.78 is 27.6. The van der Waals surface area contributed by atoms with E-state index in [2.05, 4.69) is 9.71 Å². The number of sulfonamides is 1. The minimum absolute atomic E-state index is 0.161. The topological polar surface area (TPSA) is 85.1 Å². The van der Waals surface area contributed by atoms with Crippen LogP contribution in [-0.4, -0.2) is 13.4 Å². The molecule has 21 heavy (non-hydrogen) atoms. The summed E-state index contributed by atoms with van der Waals surface area (Å²) in [6.07, 6.45) is 0. The van der Waals surface area contributed by atoms with Crippen molar-refractivity contribution >= 4 is 33.0 Å². The Labute approximate surface area is 129 Å². The Morgan fingerprint density at radius 1 is 1.19 bits per heavy atom. The quantitative estimate of drug-likeness (QED) is 0.671. The van der Waals surface area contributed by atoms with Gasteiger partial charge in [-0.05, 0) is 56.2 Å². The third-order valence-corrected chi connectivity index (χ3v) is 4.83. The monoisotopic (exact) mass is 325 g/mol. The third kappa shape index (κ3) is 3.28. The molecule has 5 nitrogen and oxygen atoms in total. The van der Waals surface area contributed by atoms with Crippen LogP contribution in [0.4, 0.5) is 11.4 Å². The zero-order valence-electron chi connectivity index (χ0n) is 11.9. The van der Waals surface area contributed by atoms with Gasteiger partial charge in [0, 0.05) is 5.69 Å². The Bertz CT molecular complexity index is 804. The van der Waals surface area contributed by atoms with Gasteiger partial charge in [-0.2, -0.15) is 0 Å². The van der Waals surface area contributed by atoms with Gasteiger partial charge in [0.05, 0.1) is 16.3 Å². The van der Waals surface area contributed by atoms with Crippen LogP contribution >= 0.6 is 11.6 Å². The standard InChI is InChI=1S/C14H16ClN3O2S/c1-8-6-11(16)9(2)13(7-8)21(19,20)18-12-4-5-14(15)17-10(12)3/h4-7,18H,16H2,1-3H3. The van der Waals surface area contributed by atoms with Crippen LogP contribution in [0.25, 0.3) is 0 Å². The van der Waals surface area contributed by atoms with Crippen LogP contribution in [0, 0.1) is 20.8 Å². The Kier molecular flexibility index (Phi) is 4.11. The van der Waals surface area contributed by atoms with E-state index in [1.54, 1.807) is 39.0 Å². The molecule has 1 heterocycles. The Morgan fingerprint density at radius 3 is 2.48 bits per heavy atom. The number of aryl methyl sites for hydroxylation is 2. The molecule has 7 heteroatoms. The minimum Gasteiger partial charge on any atom is -0.398 e. The van der Waals surface area contributed by atoms with Gasteiger partial charge in [0.1, 0.15) is 5.15 Å². The van der Waals surface area contributed by atoms with Gasteiger partial charge in [-0.3, -0.25) is 4.72 Å². The largest absolute Gasteiger partial charge is 0.398 e. The summed E-state index contributed by atoms with van der Waals surface area (Å²) >= 11 is 5.77. The van der Waals surface area contributed by atoms with Gasteiger partial charge in [-0.15, -0.1) is 0 Å². The summed E-state index contributed by atoms with van der Waals surface area (Å²) in [7, 11) is -3.74. The first kappa shape index (κ1) is 15.6. The average molecular weight is 326 g/mol. The first-order valence-corrected chi connectivity index (χ1v) is 8.09. The number of benzene rings is 1. The second-order valence-corrected chi connectivity index (χ2v) is 6.89. The molecule has 2 aromatic rings. The fraction of sp³-hybridized carbons (Fsp3) is 0.214. The van der Waals surface area contributed by atoms with Gasteiger partial charge in [-0.1, -0.05) is 11.6 Å². The van der Waals surface area contributed by atoms with Crippen molar-refractivity contribution in [1.29, 1.82) is 0 Å². The lowest BCUT2D eigenvalue weighted by molar-refractivity contribution is 0.600. The number of hydrogen-bond donors (Lipinski definition) is 2. The van der Waals surface area contributed by atoms with E-state index < -0.39 is 10.0 Å². The predicted molar refractivity (Wildman–Crippen MR) is 85.1 cm³/mol. The zero-order valence-corrected chi connectivity index (χ0v) is 13.5. The number of pyridine rings is 1. The number of aromatic nitrogens is 1. The van der Waals surface area contributed by atoms with Gasteiger partial charge in [0.25, 0.3) is 10.0 Å². The summed E-state index contributed by atoms with van der Waals surface area (Å²) in [6.45, 7) is 5.15. The van der Waals surface area contributed by atoms with Gasteiger partial charge in [0.15, 0.2) is 0 Å². The summed E-state index contributed by atoms with van der Waals surface area (Å²) in [6, 6.07) is 6.44. The number of nitrogen functional groups attached to an aromatic ring is 1. The van der Waals surface area contributed by atoms with E-state index in [9.17, 15) is 8.42 Å². The molecule has 2 rings (SSSR count). The molecule has 1 aromatic heterocycles. The lowest BCUT2D eigenvalue weighted by Gasteiger charge is -2.14. The van der Waals surface area contributed by atoms with E-state index in [0.717, 1.165) is 5.56 Å². The summed E-state index contributed by atoms with van der Waals surface area (Å²) in [5.74, 6) is 0. The molecule has 0 aliphatic carbocycles. The maximum atomic E-state index is 12.5. The van der Waals surface area contributed by atoms with Gasteiger partial charge in [-0.25, -0.2) is 13.4 Å². The van der Waals surface area contributed by atoms with E-state index in [1.165, 1.54) is 6.07 Å². The van der Waals surface area contributed by atoms with Crippen molar-refractivity contribution in [3.8, 4) is 0 Å². The van der Waals surface area contributed by atoms with Crippen LogP contribution in [-0.2, 0) is 10.0 Å². The Balaban J connectivity index is 2.48. The smallest absolute Gasteiger partial charge is 0.262 e. The number of nitrogens with two attached hydrogens (primary N) is 1. The van der Waals surface area contributed by atoms with Gasteiger partial charge >= 0.3 is 0 Å². The maximum Gasteiger partial charge on any atom is 0.262 e. The number of rotatable bonds is 3. The summed E-state index contributed by atoms with van der Waals surface area (Å²) in [5.41, 5.74) is 8.48. The molecule has 0 saturated carbocycles. The molecule has 0 bridgehead atoms. The zero-order chi connectivity index (χ0) is 15.8. The van der Waals surface area contributed by atoms with Crippen molar-refractivity contribution in [1.82, 2.24) is 4.98 Å². The molecule has 0 unspecified atom stereocenters. The minimum atomic E-state index is -3.74. The van der Waals surface area contributed by atoms with Gasteiger partial charge in [0.2, 0.25) is 0 Å². The Hall–Kier alpha value is -1.79. The molecule has 0 aliphatic heterocycles. The summed E-state index contributed by atoms with van der Waals surface area (Å²) in [5, 5.41) is 0.312. The van der Waals surface area contributed by atoms with Crippen molar-refractivity contribution in [2.75, 3.05) is 10.5 Å². The van der Waals surface area contributed by atoms with E-state index in [-0.39, 0.29) is 4.90 Å². The molecule has 112 valence electrons. The van der Waals surface area contributed by atoms with Crippen molar-refractivity contribution in [3.63, 3.8) is 0 Å². The molecular formula is C14H16ClN3O2S. The molecule has 0 atom stereocenters. The van der Waals surface area contributed by atoms with Crippen molar-refractivity contribution in [2.24, 2.45) is 0 Å². The van der Waals surface area contributed by atoms with E-state index in [4.69, 9.17) is 17.3 Å². The van der Waals surface area contributed by atoms with Crippen molar-refractivity contribution in [2.45, 2.75) is 25.7 Å². The van der Waals surface area contributed by atoms with Gasteiger partial charge < -0.3 is 5.73 Å². The molecule has 0 saturated heterocycles. The SMILES string of the molecule is Cc1cc(N)c(C)c(S(=O)(=O)Nc2ccc(Cl)nc2C)c1. The fourth-order valence-corrected chi connectivity index (χ4v) is 3.64. The first-order chi connectivity index (χ1) is 9.70. The molecule has 0 aliphatic rings. The van der Waals surface area contributed by atoms with Crippen LogP contribution < -0.4 is 10.5 Å². The van der Waals surface area contributed by atoms with Crippen LogP contribution in [0.1, 0.15) is 16.8 Å². The molecular weight excluding hydrogens is 310 g/mol. The fourth-order valence-electron chi connectivity index (χ4n) is 1.97. The van der Waals surface area contributed by atoms with Crippen LogP contribution in [0.3, 0.4) is 0 Å². The lowest BCUT2D eigenvalue weighted by atomic mass is 10.1. The van der Waals surface area contributed by atoms with Crippen LogP contribution in [0.5, 0.6) is 0 Å². The maximum absolute atomic E-state index is 12.5. The second kappa shape index (κ2) is 5.54. The number of halogens is 1. The number of anilines is 2. The van der Waals surface area contributed by atoms with Crippen molar-refractivity contribution < 1.29 is 8.42 Å². The Morgan fingerprint density at radius 2 is 1.86 bits per heavy atom. The molecule has 0 fully saturated rings. The third-order valence-electron chi connectivity index (χ3n) is 3.13. The molecule has 3 N–H and O–H groups in total. The normalized spacial score (nSPS) is 11.4. The average Bonchev–Trinajstić information content (AvgIpc) is 2.37. The molecule has 0 amide bonds. The number of nitrogens with zero attached hydrogens (tertiary/aromatic N) is 1. The number of nitrogens with one attached hydrogen (secondary N) is 1. The first-order valence-electron chi connectivity index (χ1n) is 6.23. The molecule has 1 aromatic carbocycles. The molecule has 0 radical (unpaired) electrons. The summed E-state index contributed by atoms with van der Waals surface area (Å²) in [4.78, 5) is 4.18. The number of hydrogen-bond acceptors (Lipinski definition) is 4. The second-order valence-electron chi connectivity index (χ2n) is 4.85. The van der Waals surface area contributed by atoms with Crippen LogP contribution in [0.15, 0.2) is 29.2 Å². The highest BCUT2D eigenvalue weighted by Gasteiger charge is 2.20. The highest BCUT2D eigenvalue weighted by atomic mass is 35.5.